The van der Waals surface area contributed by atoms with Crippen LogP contribution in [0.3, 0.4) is 0 Å². The standard InChI is InChI=1S/C14H16N4O3/c1-10(2)18-13(16-9-17-18)8-21-12-5-3-11(15-7-12)4-6-14(19)20/h3-7,9-10H,8H2,1-2H3,(H,19,20). The smallest absolute Gasteiger partial charge is 0.328 e. The molecule has 0 aromatic carbocycles. The Labute approximate surface area is 121 Å². The van der Waals surface area contributed by atoms with Crippen molar-refractivity contribution in [3.8, 4) is 5.75 Å². The molecule has 0 amide bonds. The molecule has 0 aliphatic carbocycles. The molecule has 0 aliphatic rings. The van der Waals surface area contributed by atoms with Gasteiger partial charge in [0.1, 0.15) is 18.7 Å². The van der Waals surface area contributed by atoms with Crippen LogP contribution in [0.1, 0.15) is 31.4 Å². The minimum absolute atomic E-state index is 0.216. The minimum atomic E-state index is -1.01. The van der Waals surface area contributed by atoms with Crippen LogP contribution in [0.4, 0.5) is 0 Å². The normalized spacial score (nSPS) is 11.2. The Bertz CT molecular complexity index is 632. The van der Waals surface area contributed by atoms with E-state index in [0.717, 1.165) is 11.9 Å². The van der Waals surface area contributed by atoms with Crippen molar-refractivity contribution in [3.05, 3.63) is 42.3 Å². The van der Waals surface area contributed by atoms with Crippen molar-refractivity contribution in [2.75, 3.05) is 0 Å². The van der Waals surface area contributed by atoms with E-state index in [1.54, 1.807) is 16.8 Å². The zero-order chi connectivity index (χ0) is 15.2. The predicted molar refractivity (Wildman–Crippen MR) is 75.6 cm³/mol. The molecule has 0 radical (unpaired) electrons. The van der Waals surface area contributed by atoms with E-state index in [4.69, 9.17) is 9.84 Å². The fourth-order valence-electron chi connectivity index (χ4n) is 1.69. The third-order valence-corrected chi connectivity index (χ3v) is 2.66. The third-order valence-electron chi connectivity index (χ3n) is 2.66. The van der Waals surface area contributed by atoms with E-state index in [1.165, 1.54) is 18.6 Å². The summed E-state index contributed by atoms with van der Waals surface area (Å²) < 4.78 is 7.38. The van der Waals surface area contributed by atoms with Gasteiger partial charge in [0.05, 0.1) is 11.9 Å². The number of carboxylic acids is 1. The molecule has 2 aromatic rings. The van der Waals surface area contributed by atoms with Crippen LogP contribution >= 0.6 is 0 Å². The molecule has 2 aromatic heterocycles. The molecule has 0 bridgehead atoms. The molecule has 2 rings (SSSR count). The van der Waals surface area contributed by atoms with Crippen molar-refractivity contribution >= 4 is 12.0 Å². The fraction of sp³-hybridized carbons (Fsp3) is 0.286. The van der Waals surface area contributed by atoms with Gasteiger partial charge < -0.3 is 9.84 Å². The Morgan fingerprint density at radius 2 is 2.24 bits per heavy atom. The van der Waals surface area contributed by atoms with Gasteiger partial charge in [0.2, 0.25) is 0 Å². The lowest BCUT2D eigenvalue weighted by Crippen LogP contribution is -2.10. The highest BCUT2D eigenvalue weighted by Gasteiger charge is 2.08. The number of nitrogens with zero attached hydrogens (tertiary/aromatic N) is 4. The molecule has 21 heavy (non-hydrogen) atoms. The van der Waals surface area contributed by atoms with Crippen LogP contribution in [0.25, 0.3) is 6.08 Å². The number of hydrogen-bond donors (Lipinski definition) is 1. The van der Waals surface area contributed by atoms with Crippen LogP contribution in [-0.4, -0.2) is 30.8 Å². The lowest BCUT2D eigenvalue weighted by Gasteiger charge is -2.10. The molecule has 0 atom stereocenters. The zero-order valence-corrected chi connectivity index (χ0v) is 11.8. The molecule has 7 heteroatoms. The van der Waals surface area contributed by atoms with E-state index in [-0.39, 0.29) is 6.04 Å². The monoisotopic (exact) mass is 288 g/mol. The van der Waals surface area contributed by atoms with Gasteiger partial charge in [0.15, 0.2) is 5.82 Å². The highest BCUT2D eigenvalue weighted by Crippen LogP contribution is 2.13. The van der Waals surface area contributed by atoms with Crippen molar-refractivity contribution in [1.29, 1.82) is 0 Å². The molecule has 2 heterocycles. The van der Waals surface area contributed by atoms with Crippen molar-refractivity contribution in [2.45, 2.75) is 26.5 Å². The highest BCUT2D eigenvalue weighted by atomic mass is 16.5. The van der Waals surface area contributed by atoms with Gasteiger partial charge in [-0.1, -0.05) is 0 Å². The summed E-state index contributed by atoms with van der Waals surface area (Å²) in [7, 11) is 0. The maximum absolute atomic E-state index is 10.4. The summed E-state index contributed by atoms with van der Waals surface area (Å²) in [5.74, 6) is 0.311. The SMILES string of the molecule is CC(C)n1ncnc1COc1ccc(C=CC(=O)O)nc1. The van der Waals surface area contributed by atoms with Crippen molar-refractivity contribution in [3.63, 3.8) is 0 Å². The van der Waals surface area contributed by atoms with Crippen LogP contribution in [0.5, 0.6) is 5.75 Å². The van der Waals surface area contributed by atoms with E-state index in [9.17, 15) is 4.79 Å². The fourth-order valence-corrected chi connectivity index (χ4v) is 1.69. The summed E-state index contributed by atoms with van der Waals surface area (Å²) >= 11 is 0. The molecule has 1 N–H and O–H groups in total. The lowest BCUT2D eigenvalue weighted by atomic mass is 10.3. The first-order valence-electron chi connectivity index (χ1n) is 6.44. The largest absolute Gasteiger partial charge is 0.484 e. The summed E-state index contributed by atoms with van der Waals surface area (Å²) in [6.45, 7) is 4.33. The van der Waals surface area contributed by atoms with Crippen molar-refractivity contribution in [2.24, 2.45) is 0 Å². The molecule has 110 valence electrons. The molecule has 0 fully saturated rings. The average molecular weight is 288 g/mol. The Kier molecular flexibility index (Phi) is 4.65. The van der Waals surface area contributed by atoms with Gasteiger partial charge >= 0.3 is 5.97 Å². The Morgan fingerprint density at radius 1 is 1.43 bits per heavy atom. The van der Waals surface area contributed by atoms with Crippen LogP contribution in [0.2, 0.25) is 0 Å². The minimum Gasteiger partial charge on any atom is -0.484 e. The van der Waals surface area contributed by atoms with Crippen LogP contribution < -0.4 is 4.74 Å². The first kappa shape index (κ1) is 14.7. The van der Waals surface area contributed by atoms with E-state index in [2.05, 4.69) is 15.1 Å². The Balaban J connectivity index is 1.97. The van der Waals surface area contributed by atoms with Gasteiger partial charge in [0, 0.05) is 12.1 Å². The molecular formula is C14H16N4O3. The quantitative estimate of drug-likeness (QED) is 0.817. The number of carbonyl (C=O) groups is 1. The van der Waals surface area contributed by atoms with E-state index >= 15 is 0 Å². The molecule has 0 aliphatic heterocycles. The molecule has 7 nitrogen and oxygen atoms in total. The van der Waals surface area contributed by atoms with Crippen LogP contribution in [0.15, 0.2) is 30.7 Å². The summed E-state index contributed by atoms with van der Waals surface area (Å²) in [5, 5.41) is 12.7. The molecule has 0 saturated heterocycles. The second-order valence-corrected chi connectivity index (χ2v) is 4.59. The van der Waals surface area contributed by atoms with Crippen molar-refractivity contribution < 1.29 is 14.6 Å². The molecule has 0 saturated carbocycles. The maximum atomic E-state index is 10.4. The highest BCUT2D eigenvalue weighted by molar-refractivity contribution is 5.84. The van der Waals surface area contributed by atoms with Gasteiger partial charge in [-0.15, -0.1) is 0 Å². The molecule has 0 spiro atoms. The van der Waals surface area contributed by atoms with Crippen molar-refractivity contribution in [1.82, 2.24) is 19.7 Å². The summed E-state index contributed by atoms with van der Waals surface area (Å²) in [6, 6.07) is 3.62. The zero-order valence-electron chi connectivity index (χ0n) is 11.8. The molecular weight excluding hydrogens is 272 g/mol. The van der Waals surface area contributed by atoms with Gasteiger partial charge in [0.25, 0.3) is 0 Å². The number of hydrogen-bond acceptors (Lipinski definition) is 5. The van der Waals surface area contributed by atoms with Gasteiger partial charge in [-0.2, -0.15) is 5.10 Å². The van der Waals surface area contributed by atoms with E-state index in [0.29, 0.717) is 18.1 Å². The predicted octanol–water partition coefficient (Wildman–Crippen LogP) is 1.93. The van der Waals surface area contributed by atoms with E-state index in [1.807, 2.05) is 13.8 Å². The second kappa shape index (κ2) is 6.65. The van der Waals surface area contributed by atoms with Crippen LogP contribution in [-0.2, 0) is 11.4 Å². The number of carboxylic acid groups (broad SMARTS) is 1. The van der Waals surface area contributed by atoms with Gasteiger partial charge in [-0.25, -0.2) is 14.5 Å². The summed E-state index contributed by atoms with van der Waals surface area (Å²) in [6.07, 6.45) is 5.49. The summed E-state index contributed by atoms with van der Waals surface area (Å²) in [5.41, 5.74) is 0.551. The number of ether oxygens (including phenoxy) is 1. The second-order valence-electron chi connectivity index (χ2n) is 4.59. The maximum Gasteiger partial charge on any atom is 0.328 e. The lowest BCUT2D eigenvalue weighted by molar-refractivity contribution is -0.131. The van der Waals surface area contributed by atoms with Gasteiger partial charge in [-0.05, 0) is 32.1 Å². The Morgan fingerprint density at radius 3 is 2.86 bits per heavy atom. The van der Waals surface area contributed by atoms with Gasteiger partial charge in [-0.3, -0.25) is 4.98 Å². The Hall–Kier alpha value is -2.70. The number of aliphatic carboxylic acids is 1. The number of rotatable bonds is 6. The topological polar surface area (TPSA) is 90.1 Å². The molecule has 0 unspecified atom stereocenters. The average Bonchev–Trinajstić information content (AvgIpc) is 2.92. The first-order chi connectivity index (χ1) is 10.1. The summed E-state index contributed by atoms with van der Waals surface area (Å²) in [4.78, 5) is 18.6. The number of aromatic nitrogens is 4. The van der Waals surface area contributed by atoms with E-state index < -0.39 is 5.97 Å². The van der Waals surface area contributed by atoms with Crippen LogP contribution in [0, 0.1) is 0 Å². The first-order valence-corrected chi connectivity index (χ1v) is 6.44. The number of pyridine rings is 1. The third kappa shape index (κ3) is 4.13.